The van der Waals surface area contributed by atoms with Crippen LogP contribution in [0.25, 0.3) is 0 Å². The van der Waals surface area contributed by atoms with Crippen LogP contribution in [0.15, 0.2) is 24.3 Å². The molecule has 19 heavy (non-hydrogen) atoms. The zero-order valence-electron chi connectivity index (χ0n) is 10.8. The van der Waals surface area contributed by atoms with Crippen LogP contribution in [0.3, 0.4) is 0 Å². The number of hydrogen-bond donors (Lipinski definition) is 2. The number of urea groups is 1. The Morgan fingerprint density at radius 2 is 2.11 bits per heavy atom. The summed E-state index contributed by atoms with van der Waals surface area (Å²) in [7, 11) is 3.25. The van der Waals surface area contributed by atoms with Crippen LogP contribution in [0.2, 0.25) is 5.02 Å². The Morgan fingerprint density at radius 3 is 2.74 bits per heavy atom. The van der Waals surface area contributed by atoms with Crippen molar-refractivity contribution in [3.63, 3.8) is 0 Å². The lowest BCUT2D eigenvalue weighted by Gasteiger charge is -2.12. The highest BCUT2D eigenvalue weighted by atomic mass is 35.5. The first-order valence-electron chi connectivity index (χ1n) is 5.63. The molecule has 104 valence electrons. The third kappa shape index (κ3) is 5.96. The molecule has 0 fully saturated rings. The summed E-state index contributed by atoms with van der Waals surface area (Å²) >= 11 is 5.78. The minimum atomic E-state index is -0.596. The maximum atomic E-state index is 11.4. The Balaban J connectivity index is 2.23. The predicted octanol–water partition coefficient (Wildman–Crippen LogP) is 2.16. The molecule has 7 heteroatoms. The van der Waals surface area contributed by atoms with Gasteiger partial charge in [0.2, 0.25) is 0 Å². The van der Waals surface area contributed by atoms with E-state index < -0.39 is 6.09 Å². The molecule has 0 saturated carbocycles. The van der Waals surface area contributed by atoms with E-state index >= 15 is 0 Å². The fourth-order valence-electron chi connectivity index (χ4n) is 1.18. The molecule has 0 unspecified atom stereocenters. The van der Waals surface area contributed by atoms with E-state index in [1.54, 1.807) is 38.4 Å². The molecule has 2 N–H and O–H groups in total. The van der Waals surface area contributed by atoms with Crippen molar-refractivity contribution in [2.75, 3.05) is 32.6 Å². The SMILES string of the molecule is CN(C)C(=O)NCCOC(=O)Nc1cccc(Cl)c1. The topological polar surface area (TPSA) is 70.7 Å². The fraction of sp³-hybridized carbons (Fsp3) is 0.333. The van der Waals surface area contributed by atoms with Crippen LogP contribution in [-0.2, 0) is 4.74 Å². The van der Waals surface area contributed by atoms with Gasteiger partial charge in [0.15, 0.2) is 0 Å². The van der Waals surface area contributed by atoms with Crippen LogP contribution >= 0.6 is 11.6 Å². The number of anilines is 1. The third-order valence-electron chi connectivity index (χ3n) is 2.09. The molecule has 0 spiro atoms. The maximum absolute atomic E-state index is 11.4. The summed E-state index contributed by atoms with van der Waals surface area (Å²) in [6.07, 6.45) is -0.596. The number of nitrogens with one attached hydrogen (secondary N) is 2. The van der Waals surface area contributed by atoms with Crippen LogP contribution in [0.4, 0.5) is 15.3 Å². The second-order valence-corrected chi connectivity index (χ2v) is 4.33. The summed E-state index contributed by atoms with van der Waals surface area (Å²) in [6.45, 7) is 0.339. The zero-order valence-corrected chi connectivity index (χ0v) is 11.5. The second kappa shape index (κ2) is 7.48. The molecule has 1 aromatic rings. The van der Waals surface area contributed by atoms with Crippen LogP contribution in [0, 0.1) is 0 Å². The number of hydrogen-bond acceptors (Lipinski definition) is 3. The van der Waals surface area contributed by atoms with Gasteiger partial charge in [-0.05, 0) is 18.2 Å². The number of carbonyl (C=O) groups excluding carboxylic acids is 2. The second-order valence-electron chi connectivity index (χ2n) is 3.90. The van der Waals surface area contributed by atoms with E-state index in [1.807, 2.05) is 0 Å². The summed E-state index contributed by atoms with van der Waals surface area (Å²) in [6, 6.07) is 6.49. The zero-order chi connectivity index (χ0) is 14.3. The van der Waals surface area contributed by atoms with E-state index in [0.717, 1.165) is 0 Å². The molecule has 1 aromatic carbocycles. The van der Waals surface area contributed by atoms with Crippen molar-refractivity contribution in [1.29, 1.82) is 0 Å². The molecule has 0 saturated heterocycles. The van der Waals surface area contributed by atoms with Crippen molar-refractivity contribution < 1.29 is 14.3 Å². The molecule has 1 rings (SSSR count). The minimum Gasteiger partial charge on any atom is -0.447 e. The van der Waals surface area contributed by atoms with Gasteiger partial charge in [-0.2, -0.15) is 0 Å². The van der Waals surface area contributed by atoms with Crippen molar-refractivity contribution in [3.8, 4) is 0 Å². The molecule has 0 heterocycles. The minimum absolute atomic E-state index is 0.0893. The number of carbonyl (C=O) groups is 2. The van der Waals surface area contributed by atoms with Crippen molar-refractivity contribution in [3.05, 3.63) is 29.3 Å². The molecule has 0 bridgehead atoms. The Kier molecular flexibility index (Phi) is 5.95. The van der Waals surface area contributed by atoms with Gasteiger partial charge in [-0.15, -0.1) is 0 Å². The molecule has 0 aliphatic heterocycles. The van der Waals surface area contributed by atoms with Crippen molar-refractivity contribution in [2.24, 2.45) is 0 Å². The number of halogens is 1. The fourth-order valence-corrected chi connectivity index (χ4v) is 1.37. The van der Waals surface area contributed by atoms with Gasteiger partial charge in [0.05, 0.1) is 6.54 Å². The molecule has 0 radical (unpaired) electrons. The van der Waals surface area contributed by atoms with Crippen LogP contribution in [0.5, 0.6) is 0 Å². The molecule has 0 aliphatic carbocycles. The Bertz CT molecular complexity index is 452. The highest BCUT2D eigenvalue weighted by Crippen LogP contribution is 2.14. The number of benzene rings is 1. The third-order valence-corrected chi connectivity index (χ3v) is 2.32. The smallest absolute Gasteiger partial charge is 0.411 e. The Hall–Kier alpha value is -1.95. The van der Waals surface area contributed by atoms with E-state index in [1.165, 1.54) is 4.90 Å². The van der Waals surface area contributed by atoms with E-state index in [0.29, 0.717) is 10.7 Å². The maximum Gasteiger partial charge on any atom is 0.411 e. The Labute approximate surface area is 116 Å². The number of amides is 3. The standard InChI is InChI=1S/C12H16ClN3O3/c1-16(2)11(17)14-6-7-19-12(18)15-10-5-3-4-9(13)8-10/h3-5,8H,6-7H2,1-2H3,(H,14,17)(H,15,18). The lowest BCUT2D eigenvalue weighted by atomic mass is 10.3. The molecule has 0 aromatic heterocycles. The van der Waals surface area contributed by atoms with Crippen molar-refractivity contribution in [1.82, 2.24) is 10.2 Å². The molecular weight excluding hydrogens is 270 g/mol. The first-order valence-corrected chi connectivity index (χ1v) is 6.01. The highest BCUT2D eigenvalue weighted by molar-refractivity contribution is 6.30. The lowest BCUT2D eigenvalue weighted by Crippen LogP contribution is -2.36. The summed E-state index contributed by atoms with van der Waals surface area (Å²) in [5, 5.41) is 5.62. The largest absolute Gasteiger partial charge is 0.447 e. The number of rotatable bonds is 4. The van der Waals surface area contributed by atoms with Crippen LogP contribution < -0.4 is 10.6 Å². The average molecular weight is 286 g/mol. The van der Waals surface area contributed by atoms with Gasteiger partial charge in [-0.1, -0.05) is 17.7 Å². The van der Waals surface area contributed by atoms with E-state index in [4.69, 9.17) is 16.3 Å². The van der Waals surface area contributed by atoms with Crippen molar-refractivity contribution >= 4 is 29.4 Å². The van der Waals surface area contributed by atoms with Crippen molar-refractivity contribution in [2.45, 2.75) is 0 Å². The summed E-state index contributed by atoms with van der Waals surface area (Å²) in [5.74, 6) is 0. The van der Waals surface area contributed by atoms with Gasteiger partial charge in [0.1, 0.15) is 6.61 Å². The highest BCUT2D eigenvalue weighted by Gasteiger charge is 2.05. The Morgan fingerprint density at radius 1 is 1.37 bits per heavy atom. The number of nitrogens with zero attached hydrogens (tertiary/aromatic N) is 1. The van der Waals surface area contributed by atoms with Gasteiger partial charge in [0.25, 0.3) is 0 Å². The van der Waals surface area contributed by atoms with Gasteiger partial charge in [-0.25, -0.2) is 9.59 Å². The molecule has 0 aliphatic rings. The predicted molar refractivity (Wildman–Crippen MR) is 73.5 cm³/mol. The van der Waals surface area contributed by atoms with Gasteiger partial charge >= 0.3 is 12.1 Å². The monoisotopic (exact) mass is 285 g/mol. The van der Waals surface area contributed by atoms with Gasteiger partial charge in [0, 0.05) is 24.8 Å². The molecule has 6 nitrogen and oxygen atoms in total. The van der Waals surface area contributed by atoms with Gasteiger partial charge < -0.3 is 15.0 Å². The lowest BCUT2D eigenvalue weighted by molar-refractivity contribution is 0.160. The first-order chi connectivity index (χ1) is 8.99. The molecule has 3 amide bonds. The quantitative estimate of drug-likeness (QED) is 0.833. The summed E-state index contributed by atoms with van der Waals surface area (Å²) in [4.78, 5) is 24.0. The summed E-state index contributed by atoms with van der Waals surface area (Å²) < 4.78 is 4.89. The van der Waals surface area contributed by atoms with E-state index in [-0.39, 0.29) is 19.2 Å². The van der Waals surface area contributed by atoms with E-state index in [9.17, 15) is 9.59 Å². The summed E-state index contributed by atoms with van der Waals surface area (Å²) in [5.41, 5.74) is 0.551. The normalized spacial score (nSPS) is 9.63. The molecular formula is C12H16ClN3O3. The molecule has 0 atom stereocenters. The van der Waals surface area contributed by atoms with Crippen LogP contribution in [0.1, 0.15) is 0 Å². The van der Waals surface area contributed by atoms with E-state index in [2.05, 4.69) is 10.6 Å². The van der Waals surface area contributed by atoms with Crippen LogP contribution in [-0.4, -0.2) is 44.3 Å². The van der Waals surface area contributed by atoms with Gasteiger partial charge in [-0.3, -0.25) is 5.32 Å². The first kappa shape index (κ1) is 15.1. The average Bonchev–Trinajstić information content (AvgIpc) is 2.34. The number of ether oxygens (including phenoxy) is 1.